The van der Waals surface area contributed by atoms with Gasteiger partial charge in [0.05, 0.1) is 9.62 Å². The molecule has 6 nitrogen and oxygen atoms in total. The topological polar surface area (TPSA) is 92.5 Å². The molecule has 150 valence electrons. The maximum absolute atomic E-state index is 12.7. The van der Waals surface area contributed by atoms with Gasteiger partial charge in [0.2, 0.25) is 0 Å². The van der Waals surface area contributed by atoms with E-state index in [0.29, 0.717) is 12.1 Å². The quantitative estimate of drug-likeness (QED) is 0.363. The number of amides is 1. The zero-order valence-corrected chi connectivity index (χ0v) is 15.3. The molecule has 28 heavy (non-hydrogen) atoms. The van der Waals surface area contributed by atoms with Gasteiger partial charge < -0.3 is 10.4 Å². The van der Waals surface area contributed by atoms with Gasteiger partial charge >= 0.3 is 6.18 Å². The second-order valence-corrected chi connectivity index (χ2v) is 7.31. The van der Waals surface area contributed by atoms with Gasteiger partial charge in [-0.25, -0.2) is 4.39 Å². The van der Waals surface area contributed by atoms with Gasteiger partial charge in [-0.05, 0) is 44.2 Å². The fourth-order valence-electron chi connectivity index (χ4n) is 2.04. The van der Waals surface area contributed by atoms with Crippen molar-refractivity contribution >= 4 is 38.0 Å². The van der Waals surface area contributed by atoms with Gasteiger partial charge in [-0.1, -0.05) is 0 Å². The Hall–Kier alpha value is -2.79. The van der Waals surface area contributed by atoms with Crippen molar-refractivity contribution in [2.24, 2.45) is 0 Å². The first-order valence-electron chi connectivity index (χ1n) is 7.66. The molecule has 2 bridgehead atoms. The third kappa shape index (κ3) is 5.14. The molecule has 3 rings (SSSR count). The number of nitro groups is 1. The number of hydrogen-bond donors (Lipinski definition) is 2. The highest BCUT2D eigenvalue weighted by atomic mass is 32.1. The maximum atomic E-state index is 12.7. The average Bonchev–Trinajstić information content (AvgIpc) is 3.15. The Morgan fingerprint density at radius 1 is 1.18 bits per heavy atom. The molecule has 0 saturated carbocycles. The summed E-state index contributed by atoms with van der Waals surface area (Å²) < 4.78 is 52.2. The lowest BCUT2D eigenvalue weighted by Crippen LogP contribution is -2.36. The average molecular weight is 418 g/mol. The van der Waals surface area contributed by atoms with E-state index in [9.17, 15) is 37.6 Å². The van der Waals surface area contributed by atoms with Crippen LogP contribution in [0, 0.1) is 15.9 Å². The number of nitro benzene ring substituents is 1. The van der Waals surface area contributed by atoms with Crippen LogP contribution < -0.4 is 5.32 Å². The van der Waals surface area contributed by atoms with Crippen LogP contribution in [0.3, 0.4) is 0 Å². The van der Waals surface area contributed by atoms with E-state index in [1.807, 2.05) is 11.4 Å². The number of halogens is 4. The SMILES string of the molecule is CC(C)(O)C(=O)Nc1ccc([N+](=O)[O-])c(C(F)(F)F)c1.Fc1cc2ccc1s2. The molecule has 2 heterocycles. The predicted molar refractivity (Wildman–Crippen MR) is 96.0 cm³/mol. The first kappa shape index (κ1) is 21.5. The van der Waals surface area contributed by atoms with E-state index >= 15 is 0 Å². The monoisotopic (exact) mass is 418 g/mol. The smallest absolute Gasteiger partial charge is 0.381 e. The molecular weight excluding hydrogens is 404 g/mol. The lowest BCUT2D eigenvalue weighted by molar-refractivity contribution is -0.388. The number of carbonyl (C=O) groups is 1. The minimum atomic E-state index is -4.93. The lowest BCUT2D eigenvalue weighted by atomic mass is 10.1. The highest BCUT2D eigenvalue weighted by molar-refractivity contribution is 7.24. The zero-order chi connectivity index (χ0) is 21.3. The number of alkyl halides is 3. The molecular formula is C17H14F4N2O4S. The van der Waals surface area contributed by atoms with Crippen molar-refractivity contribution < 1.29 is 32.4 Å². The summed E-state index contributed by atoms with van der Waals surface area (Å²) in [4.78, 5) is 20.8. The van der Waals surface area contributed by atoms with E-state index in [0.717, 1.165) is 29.3 Å². The van der Waals surface area contributed by atoms with Crippen molar-refractivity contribution in [3.05, 3.63) is 57.9 Å². The van der Waals surface area contributed by atoms with Crippen molar-refractivity contribution in [2.75, 3.05) is 5.32 Å². The number of nitrogens with zero attached hydrogens (tertiary/aromatic N) is 1. The van der Waals surface area contributed by atoms with Gasteiger partial charge in [-0.3, -0.25) is 14.9 Å². The van der Waals surface area contributed by atoms with E-state index < -0.39 is 33.9 Å². The van der Waals surface area contributed by atoms with Crippen LogP contribution in [0.25, 0.3) is 9.40 Å². The number of thiophene rings is 2. The molecule has 11 heteroatoms. The summed E-state index contributed by atoms with van der Waals surface area (Å²) in [6.07, 6.45) is -4.93. The summed E-state index contributed by atoms with van der Waals surface area (Å²) >= 11 is 1.49. The van der Waals surface area contributed by atoms with Crippen LogP contribution in [-0.2, 0) is 11.0 Å². The van der Waals surface area contributed by atoms with Gasteiger partial charge in [0.25, 0.3) is 11.6 Å². The molecule has 0 unspecified atom stereocenters. The molecule has 0 spiro atoms. The van der Waals surface area contributed by atoms with Gasteiger partial charge in [0, 0.05) is 16.5 Å². The van der Waals surface area contributed by atoms with Crippen LogP contribution in [0.1, 0.15) is 19.4 Å². The molecule has 0 atom stereocenters. The second kappa shape index (κ2) is 7.68. The van der Waals surface area contributed by atoms with Crippen LogP contribution in [0.4, 0.5) is 28.9 Å². The lowest BCUT2D eigenvalue weighted by Gasteiger charge is -2.17. The fourth-order valence-corrected chi connectivity index (χ4v) is 2.88. The normalized spacial score (nSPS) is 11.8. The van der Waals surface area contributed by atoms with E-state index in [-0.39, 0.29) is 11.5 Å². The molecule has 2 aromatic heterocycles. The van der Waals surface area contributed by atoms with Crippen LogP contribution in [-0.4, -0.2) is 21.5 Å². The summed E-state index contributed by atoms with van der Waals surface area (Å²) in [5, 5.41) is 22.0. The number of nitrogens with one attached hydrogen (secondary N) is 1. The summed E-state index contributed by atoms with van der Waals surface area (Å²) in [6, 6.07) is 7.32. The van der Waals surface area contributed by atoms with E-state index in [4.69, 9.17) is 0 Å². The third-order valence-electron chi connectivity index (χ3n) is 3.44. The van der Waals surface area contributed by atoms with Crippen LogP contribution in [0.5, 0.6) is 0 Å². The molecule has 0 aliphatic carbocycles. The number of rotatable bonds is 3. The summed E-state index contributed by atoms with van der Waals surface area (Å²) in [5.41, 5.74) is -4.68. The van der Waals surface area contributed by atoms with Crippen molar-refractivity contribution in [1.82, 2.24) is 0 Å². The number of anilines is 1. The standard InChI is InChI=1S/C11H11F3N2O4.C6H3FS/c1-10(2,18)9(17)15-6-3-4-8(16(19)20)7(5-6)11(12,13)14;7-5-3-4-1-2-6(5)8-4/h3-5,18H,1-2H3,(H,15,17);1-3H. The molecule has 0 aliphatic heterocycles. The maximum Gasteiger partial charge on any atom is 0.423 e. The summed E-state index contributed by atoms with van der Waals surface area (Å²) in [5.74, 6) is -1.01. The first-order valence-corrected chi connectivity index (χ1v) is 8.47. The summed E-state index contributed by atoms with van der Waals surface area (Å²) in [7, 11) is 0. The third-order valence-corrected chi connectivity index (χ3v) is 4.48. The van der Waals surface area contributed by atoms with Crippen molar-refractivity contribution in [1.29, 1.82) is 0 Å². The zero-order valence-electron chi connectivity index (χ0n) is 14.5. The second-order valence-electron chi connectivity index (χ2n) is 6.19. The number of benzene rings is 2. The Kier molecular flexibility index (Phi) is 5.90. The Labute approximate surface area is 159 Å². The Balaban J connectivity index is 0.000000285. The fraction of sp³-hybridized carbons (Fsp3) is 0.235. The molecule has 3 aromatic rings. The van der Waals surface area contributed by atoms with E-state index in [1.165, 1.54) is 11.3 Å². The number of aliphatic hydroxyl groups is 1. The van der Waals surface area contributed by atoms with E-state index in [1.54, 1.807) is 12.1 Å². The number of carbonyl (C=O) groups excluding carboxylic acids is 1. The highest BCUT2D eigenvalue weighted by Gasteiger charge is 2.38. The largest absolute Gasteiger partial charge is 0.423 e. The minimum absolute atomic E-state index is 0.0764. The number of fused-ring (bicyclic) bond motifs is 2. The van der Waals surface area contributed by atoms with Gasteiger partial charge in [0.15, 0.2) is 0 Å². The van der Waals surface area contributed by atoms with Gasteiger partial charge in [0.1, 0.15) is 17.0 Å². The highest BCUT2D eigenvalue weighted by Crippen LogP contribution is 2.37. The molecule has 1 amide bonds. The Morgan fingerprint density at radius 2 is 1.82 bits per heavy atom. The van der Waals surface area contributed by atoms with Gasteiger partial charge in [-0.2, -0.15) is 13.2 Å². The molecule has 1 aromatic carbocycles. The van der Waals surface area contributed by atoms with Crippen molar-refractivity contribution in [3.8, 4) is 0 Å². The predicted octanol–water partition coefficient (Wildman–Crippen LogP) is 4.80. The van der Waals surface area contributed by atoms with Crippen molar-refractivity contribution in [3.63, 3.8) is 0 Å². The molecule has 2 N–H and O–H groups in total. The van der Waals surface area contributed by atoms with Crippen LogP contribution in [0.15, 0.2) is 36.4 Å². The molecule has 0 radical (unpaired) electrons. The van der Waals surface area contributed by atoms with E-state index in [2.05, 4.69) is 0 Å². The summed E-state index contributed by atoms with van der Waals surface area (Å²) in [6.45, 7) is 2.30. The Morgan fingerprint density at radius 3 is 2.18 bits per heavy atom. The minimum Gasteiger partial charge on any atom is -0.381 e. The molecule has 0 fully saturated rings. The molecule has 0 aliphatic rings. The van der Waals surface area contributed by atoms with Crippen LogP contribution >= 0.6 is 11.3 Å². The molecule has 0 saturated heterocycles. The van der Waals surface area contributed by atoms with Crippen molar-refractivity contribution in [2.45, 2.75) is 25.6 Å². The number of hydrogen-bond acceptors (Lipinski definition) is 5. The first-order chi connectivity index (χ1) is 12.8. The van der Waals surface area contributed by atoms with Gasteiger partial charge in [-0.15, -0.1) is 11.3 Å². The Bertz CT molecular complexity index is 995. The van der Waals surface area contributed by atoms with Crippen LogP contribution in [0.2, 0.25) is 0 Å².